The lowest BCUT2D eigenvalue weighted by Gasteiger charge is -2.22. The Bertz CT molecular complexity index is 1480. The van der Waals surface area contributed by atoms with E-state index in [2.05, 4.69) is 30.6 Å². The molecule has 0 saturated carbocycles. The molecule has 11 nitrogen and oxygen atoms in total. The number of ether oxygens (including phenoxy) is 1. The van der Waals surface area contributed by atoms with Crippen molar-refractivity contribution in [1.82, 2.24) is 24.6 Å². The molecule has 0 aliphatic carbocycles. The molecule has 5 rings (SSSR count). The number of aliphatic hydroxyl groups excluding tert-OH is 2. The lowest BCUT2D eigenvalue weighted by Crippen LogP contribution is -2.33. The van der Waals surface area contributed by atoms with Crippen molar-refractivity contribution in [2.24, 2.45) is 0 Å². The molecule has 0 spiro atoms. The average Bonchev–Trinajstić information content (AvgIpc) is 3.54. The highest BCUT2D eigenvalue weighted by atomic mass is 19.2. The fourth-order valence-corrected chi connectivity index (χ4v) is 4.69. The SMILES string of the molecule is O=C(Cn1cc(Nc2ncnc3cc(OCCCN4CC(O)CC4CO)ccc23)cn1)Nc1cccc(F)c1F. The maximum Gasteiger partial charge on any atom is 0.246 e. The molecule has 1 fully saturated rings. The normalized spacial score (nSPS) is 17.3. The topological polar surface area (TPSA) is 138 Å². The van der Waals surface area contributed by atoms with Gasteiger partial charge in [0.2, 0.25) is 5.91 Å². The first kappa shape index (κ1) is 27.4. The third-order valence-corrected chi connectivity index (χ3v) is 6.61. The first-order valence-electron chi connectivity index (χ1n) is 12.8. The summed E-state index contributed by atoms with van der Waals surface area (Å²) in [6.45, 7) is 1.59. The number of anilines is 3. The van der Waals surface area contributed by atoms with Crippen LogP contribution in [0.3, 0.4) is 0 Å². The molecule has 2 aromatic carbocycles. The van der Waals surface area contributed by atoms with Gasteiger partial charge in [-0.2, -0.15) is 5.10 Å². The third kappa shape index (κ3) is 6.50. The van der Waals surface area contributed by atoms with Crippen LogP contribution in [0.5, 0.6) is 5.75 Å². The van der Waals surface area contributed by atoms with Crippen molar-refractivity contribution < 1.29 is 28.5 Å². The number of β-amino-alcohol motifs (C(OH)–C–C–N with tert-alkyl or cyclic N) is 1. The molecule has 13 heteroatoms. The lowest BCUT2D eigenvalue weighted by molar-refractivity contribution is -0.116. The molecule has 0 radical (unpaired) electrons. The second-order valence-corrected chi connectivity index (χ2v) is 9.53. The maximum atomic E-state index is 13.8. The van der Waals surface area contributed by atoms with Crippen LogP contribution >= 0.6 is 0 Å². The summed E-state index contributed by atoms with van der Waals surface area (Å²) in [5, 5.41) is 29.7. The van der Waals surface area contributed by atoms with Crippen LogP contribution in [0.25, 0.3) is 10.9 Å². The van der Waals surface area contributed by atoms with Gasteiger partial charge in [-0.15, -0.1) is 0 Å². The van der Waals surface area contributed by atoms with Crippen molar-refractivity contribution in [3.8, 4) is 5.75 Å². The van der Waals surface area contributed by atoms with E-state index in [0.29, 0.717) is 42.3 Å². The molecule has 1 aliphatic rings. The van der Waals surface area contributed by atoms with Gasteiger partial charge in [-0.25, -0.2) is 18.7 Å². The molecule has 2 unspecified atom stereocenters. The van der Waals surface area contributed by atoms with Crippen LogP contribution in [0.15, 0.2) is 55.1 Å². The zero-order valence-electron chi connectivity index (χ0n) is 21.5. The van der Waals surface area contributed by atoms with E-state index in [-0.39, 0.29) is 24.9 Å². The summed E-state index contributed by atoms with van der Waals surface area (Å²) >= 11 is 0. The van der Waals surface area contributed by atoms with E-state index < -0.39 is 23.6 Å². The number of aliphatic hydroxyl groups is 2. The number of benzene rings is 2. The third-order valence-electron chi connectivity index (χ3n) is 6.61. The van der Waals surface area contributed by atoms with E-state index >= 15 is 0 Å². The monoisotopic (exact) mass is 553 g/mol. The number of fused-ring (bicyclic) bond motifs is 1. The van der Waals surface area contributed by atoms with Gasteiger partial charge in [-0.3, -0.25) is 14.4 Å². The smallest absolute Gasteiger partial charge is 0.246 e. The van der Waals surface area contributed by atoms with E-state index in [1.54, 1.807) is 6.20 Å². The molecule has 1 aliphatic heterocycles. The van der Waals surface area contributed by atoms with Crippen molar-refractivity contribution >= 4 is 34.0 Å². The van der Waals surface area contributed by atoms with Crippen LogP contribution in [-0.4, -0.2) is 79.2 Å². The van der Waals surface area contributed by atoms with Crippen LogP contribution in [0.2, 0.25) is 0 Å². The number of nitrogens with zero attached hydrogens (tertiary/aromatic N) is 5. The fourth-order valence-electron chi connectivity index (χ4n) is 4.69. The zero-order valence-corrected chi connectivity index (χ0v) is 21.5. The highest BCUT2D eigenvalue weighted by Crippen LogP contribution is 2.26. The summed E-state index contributed by atoms with van der Waals surface area (Å²) < 4.78 is 34.4. The second kappa shape index (κ2) is 12.3. The summed E-state index contributed by atoms with van der Waals surface area (Å²) in [4.78, 5) is 23.0. The van der Waals surface area contributed by atoms with Crippen molar-refractivity contribution in [2.45, 2.75) is 31.5 Å². The number of carbonyl (C=O) groups is 1. The number of aromatic nitrogens is 4. The molecule has 4 N–H and O–H groups in total. The van der Waals surface area contributed by atoms with Gasteiger partial charge < -0.3 is 25.6 Å². The Kier molecular flexibility index (Phi) is 8.43. The summed E-state index contributed by atoms with van der Waals surface area (Å²) in [7, 11) is 0. The van der Waals surface area contributed by atoms with E-state index in [4.69, 9.17) is 4.74 Å². The fraction of sp³-hybridized carbons (Fsp3) is 0.333. The summed E-state index contributed by atoms with van der Waals surface area (Å²) in [5.41, 5.74) is 0.994. The predicted molar refractivity (Wildman–Crippen MR) is 143 cm³/mol. The van der Waals surface area contributed by atoms with Crippen molar-refractivity contribution in [2.75, 3.05) is 36.9 Å². The van der Waals surface area contributed by atoms with Crippen LogP contribution < -0.4 is 15.4 Å². The molecule has 2 atom stereocenters. The number of likely N-dealkylation sites (tertiary alicyclic amines) is 1. The number of halogens is 2. The molecule has 2 aromatic heterocycles. The van der Waals surface area contributed by atoms with Gasteiger partial charge in [0, 0.05) is 36.8 Å². The molecular formula is C27H29F2N7O4. The predicted octanol–water partition coefficient (Wildman–Crippen LogP) is 2.68. The van der Waals surface area contributed by atoms with Gasteiger partial charge in [0.15, 0.2) is 11.6 Å². The van der Waals surface area contributed by atoms with Gasteiger partial charge in [0.25, 0.3) is 0 Å². The minimum absolute atomic E-state index is 0.00708. The van der Waals surface area contributed by atoms with Crippen LogP contribution in [0.1, 0.15) is 12.8 Å². The van der Waals surface area contributed by atoms with Gasteiger partial charge in [0.1, 0.15) is 24.4 Å². The molecule has 3 heterocycles. The second-order valence-electron chi connectivity index (χ2n) is 9.53. The van der Waals surface area contributed by atoms with Crippen molar-refractivity contribution in [1.29, 1.82) is 0 Å². The molecular weight excluding hydrogens is 524 g/mol. The highest BCUT2D eigenvalue weighted by Gasteiger charge is 2.29. The van der Waals surface area contributed by atoms with E-state index in [9.17, 15) is 23.8 Å². The summed E-state index contributed by atoms with van der Waals surface area (Å²) in [5.74, 6) is -1.54. The van der Waals surface area contributed by atoms with Crippen molar-refractivity contribution in [3.63, 3.8) is 0 Å². The van der Waals surface area contributed by atoms with Crippen LogP contribution in [-0.2, 0) is 11.3 Å². The first-order chi connectivity index (χ1) is 19.4. The van der Waals surface area contributed by atoms with Crippen molar-refractivity contribution in [3.05, 3.63) is 66.8 Å². The Labute approximate surface area is 228 Å². The average molecular weight is 554 g/mol. The highest BCUT2D eigenvalue weighted by molar-refractivity contribution is 5.92. The Hall–Kier alpha value is -4.20. The standard InChI is InChI=1S/C27H29F2N7O4/c28-22-3-1-4-23(26(22)29)34-25(39)14-36-12-17(11-32-36)33-27-21-6-5-20(10-24(21)30-16-31-27)40-8-2-7-35-13-19(38)9-18(35)15-37/h1,3-6,10-12,16,18-19,37-38H,2,7-9,13-15H2,(H,34,39)(H,30,31,33). The minimum Gasteiger partial charge on any atom is -0.493 e. The van der Waals surface area contributed by atoms with E-state index in [1.165, 1.54) is 29.3 Å². The molecule has 1 amide bonds. The Balaban J connectivity index is 1.16. The Morgan fingerprint density at radius 3 is 2.92 bits per heavy atom. The zero-order chi connectivity index (χ0) is 28.1. The van der Waals surface area contributed by atoms with Crippen LogP contribution in [0.4, 0.5) is 26.0 Å². The Morgan fingerprint density at radius 1 is 1.20 bits per heavy atom. The molecule has 210 valence electrons. The lowest BCUT2D eigenvalue weighted by atomic mass is 10.2. The summed E-state index contributed by atoms with van der Waals surface area (Å²) in [6.07, 6.45) is 5.47. The number of hydrogen-bond acceptors (Lipinski definition) is 9. The van der Waals surface area contributed by atoms with Gasteiger partial charge >= 0.3 is 0 Å². The number of amides is 1. The van der Waals surface area contributed by atoms with E-state index in [0.717, 1.165) is 24.4 Å². The number of nitrogens with one attached hydrogen (secondary N) is 2. The number of rotatable bonds is 11. The first-order valence-corrected chi connectivity index (χ1v) is 12.8. The minimum atomic E-state index is -1.12. The van der Waals surface area contributed by atoms with E-state index in [1.807, 2.05) is 18.2 Å². The molecule has 0 bridgehead atoms. The largest absolute Gasteiger partial charge is 0.493 e. The van der Waals surface area contributed by atoms with Gasteiger partial charge in [-0.1, -0.05) is 6.07 Å². The molecule has 4 aromatic rings. The maximum absolute atomic E-state index is 13.8. The molecule has 40 heavy (non-hydrogen) atoms. The Morgan fingerprint density at radius 2 is 2.08 bits per heavy atom. The molecule has 1 saturated heterocycles. The summed E-state index contributed by atoms with van der Waals surface area (Å²) in [6, 6.07) is 9.03. The van der Waals surface area contributed by atoms with Crippen LogP contribution in [0, 0.1) is 11.6 Å². The van der Waals surface area contributed by atoms with Gasteiger partial charge in [-0.05, 0) is 37.1 Å². The number of carbonyl (C=O) groups excluding carboxylic acids is 1. The van der Waals surface area contributed by atoms with Gasteiger partial charge in [0.05, 0.1) is 42.4 Å². The quantitative estimate of drug-likeness (QED) is 0.207. The number of hydrogen-bond donors (Lipinski definition) is 4.